The summed E-state index contributed by atoms with van der Waals surface area (Å²) >= 11 is 0. The molecule has 0 saturated carbocycles. The monoisotopic (exact) mass is 343 g/mol. The zero-order valence-corrected chi connectivity index (χ0v) is 13.5. The fourth-order valence-electron chi connectivity index (χ4n) is 1.92. The molecule has 0 atom stereocenters. The average Bonchev–Trinajstić information content (AvgIpc) is 2.62. The summed E-state index contributed by atoms with van der Waals surface area (Å²) in [5, 5.41) is 12.7. The predicted octanol–water partition coefficient (Wildman–Crippen LogP) is 1.71. The third kappa shape index (κ3) is 5.31. The Morgan fingerprint density at radius 2 is 2.00 bits per heavy atom. The quantitative estimate of drug-likeness (QED) is 0.558. The summed E-state index contributed by atoms with van der Waals surface area (Å²) in [4.78, 5) is 26.5. The van der Waals surface area contributed by atoms with E-state index in [2.05, 4.69) is 15.5 Å². The molecule has 1 amide bonds. The molecule has 0 aliphatic rings. The van der Waals surface area contributed by atoms with Crippen LogP contribution < -0.4 is 14.9 Å². The number of aromatic nitrogens is 1. The molecule has 0 saturated heterocycles. The third-order valence-electron chi connectivity index (χ3n) is 2.96. The number of hydrogen-bond donors (Lipinski definition) is 2. The Bertz CT molecular complexity index is 762. The van der Waals surface area contributed by atoms with E-state index in [1.165, 1.54) is 18.6 Å². The highest BCUT2D eigenvalue weighted by Crippen LogP contribution is 2.30. The van der Waals surface area contributed by atoms with Gasteiger partial charge in [0.1, 0.15) is 0 Å². The second-order valence-electron chi connectivity index (χ2n) is 4.72. The van der Waals surface area contributed by atoms with Crippen molar-refractivity contribution < 1.29 is 24.2 Å². The van der Waals surface area contributed by atoms with E-state index in [0.29, 0.717) is 23.5 Å². The molecule has 2 rings (SSSR count). The number of carbonyl (C=O) groups excluding carboxylic acids is 1. The number of ether oxygens (including phenoxy) is 2. The van der Waals surface area contributed by atoms with Gasteiger partial charge in [0.2, 0.25) is 0 Å². The minimum atomic E-state index is -1.11. The first-order chi connectivity index (χ1) is 12.1. The number of nitrogens with one attached hydrogen (secondary N) is 1. The van der Waals surface area contributed by atoms with Gasteiger partial charge in [0, 0.05) is 23.5 Å². The number of rotatable bonds is 8. The number of carbonyl (C=O) groups is 2. The van der Waals surface area contributed by atoms with E-state index in [1.807, 2.05) is 0 Å². The van der Waals surface area contributed by atoms with Crippen molar-refractivity contribution in [3.8, 4) is 11.5 Å². The lowest BCUT2D eigenvalue weighted by Gasteiger charge is -2.12. The van der Waals surface area contributed by atoms with Crippen LogP contribution in [0.5, 0.6) is 11.5 Å². The van der Waals surface area contributed by atoms with Crippen molar-refractivity contribution in [1.29, 1.82) is 0 Å². The molecule has 2 N–H and O–H groups in total. The molecular formula is C17H17N3O5. The third-order valence-corrected chi connectivity index (χ3v) is 2.96. The summed E-state index contributed by atoms with van der Waals surface area (Å²) in [5.41, 5.74) is 3.27. The van der Waals surface area contributed by atoms with Gasteiger partial charge in [-0.25, -0.2) is 10.2 Å². The van der Waals surface area contributed by atoms with E-state index in [1.54, 1.807) is 37.3 Å². The van der Waals surface area contributed by atoms with Gasteiger partial charge >= 0.3 is 5.97 Å². The van der Waals surface area contributed by atoms with Crippen molar-refractivity contribution in [2.24, 2.45) is 5.10 Å². The molecule has 1 heterocycles. The van der Waals surface area contributed by atoms with Crippen LogP contribution in [-0.4, -0.2) is 41.4 Å². The van der Waals surface area contributed by atoms with Crippen molar-refractivity contribution in [1.82, 2.24) is 10.4 Å². The number of amides is 1. The minimum absolute atomic E-state index is 0.244. The lowest BCUT2D eigenvalue weighted by atomic mass is 10.2. The molecule has 8 heteroatoms. The van der Waals surface area contributed by atoms with Crippen LogP contribution in [0.15, 0.2) is 47.8 Å². The summed E-state index contributed by atoms with van der Waals surface area (Å²) in [6.07, 6.45) is 4.36. The van der Waals surface area contributed by atoms with Crippen LogP contribution in [0.25, 0.3) is 0 Å². The zero-order chi connectivity index (χ0) is 18.1. The summed E-state index contributed by atoms with van der Waals surface area (Å²) in [5.74, 6) is -0.866. The Kier molecular flexibility index (Phi) is 6.47. The highest BCUT2D eigenvalue weighted by Gasteiger charge is 2.12. The van der Waals surface area contributed by atoms with E-state index < -0.39 is 18.5 Å². The molecule has 130 valence electrons. The molecule has 8 nitrogen and oxygen atoms in total. The predicted molar refractivity (Wildman–Crippen MR) is 90.0 cm³/mol. The Labute approximate surface area is 144 Å². The smallest absolute Gasteiger partial charge is 0.341 e. The van der Waals surface area contributed by atoms with Gasteiger partial charge in [-0.15, -0.1) is 0 Å². The Balaban J connectivity index is 2.15. The first kappa shape index (κ1) is 17.9. The molecule has 0 unspecified atom stereocenters. The molecule has 0 fully saturated rings. The van der Waals surface area contributed by atoms with Gasteiger partial charge in [-0.05, 0) is 31.2 Å². The lowest BCUT2D eigenvalue weighted by Crippen LogP contribution is -2.17. The van der Waals surface area contributed by atoms with Crippen molar-refractivity contribution in [3.63, 3.8) is 0 Å². The number of nitrogens with zero attached hydrogens (tertiary/aromatic N) is 2. The van der Waals surface area contributed by atoms with Crippen molar-refractivity contribution in [3.05, 3.63) is 53.9 Å². The number of hydrogen-bond acceptors (Lipinski definition) is 6. The van der Waals surface area contributed by atoms with Gasteiger partial charge in [0.25, 0.3) is 5.91 Å². The largest absolute Gasteiger partial charge is 0.490 e. The SMILES string of the molecule is CCOc1cccc(/C=N/NC(=O)c2ccncc2)c1OCC(=O)O. The molecule has 1 aromatic heterocycles. The highest BCUT2D eigenvalue weighted by molar-refractivity contribution is 5.95. The number of hydrazone groups is 1. The Hall–Kier alpha value is -3.42. The molecule has 25 heavy (non-hydrogen) atoms. The van der Waals surface area contributed by atoms with Crippen molar-refractivity contribution in [2.75, 3.05) is 13.2 Å². The van der Waals surface area contributed by atoms with Crippen molar-refractivity contribution >= 4 is 18.1 Å². The van der Waals surface area contributed by atoms with Crippen LogP contribution in [0.2, 0.25) is 0 Å². The Morgan fingerprint density at radius 3 is 2.68 bits per heavy atom. The van der Waals surface area contributed by atoms with Gasteiger partial charge in [0.05, 0.1) is 12.8 Å². The zero-order valence-electron chi connectivity index (χ0n) is 13.5. The summed E-state index contributed by atoms with van der Waals surface area (Å²) in [6.45, 7) is 1.67. The molecule has 0 aliphatic carbocycles. The minimum Gasteiger partial charge on any atom is -0.490 e. The number of aliphatic carboxylic acids is 1. The number of benzene rings is 1. The van der Waals surface area contributed by atoms with E-state index in [4.69, 9.17) is 14.6 Å². The van der Waals surface area contributed by atoms with Gasteiger partial charge in [-0.2, -0.15) is 5.10 Å². The van der Waals surface area contributed by atoms with E-state index in [9.17, 15) is 9.59 Å². The van der Waals surface area contributed by atoms with Crippen LogP contribution >= 0.6 is 0 Å². The Morgan fingerprint density at radius 1 is 1.24 bits per heavy atom. The number of pyridine rings is 1. The van der Waals surface area contributed by atoms with E-state index >= 15 is 0 Å². The fourth-order valence-corrected chi connectivity index (χ4v) is 1.92. The normalized spacial score (nSPS) is 10.4. The van der Waals surface area contributed by atoms with Gasteiger partial charge in [0.15, 0.2) is 18.1 Å². The molecule has 0 radical (unpaired) electrons. The summed E-state index contributed by atoms with van der Waals surface area (Å²) in [6, 6.07) is 8.16. The summed E-state index contributed by atoms with van der Waals surface area (Å²) in [7, 11) is 0. The maximum atomic E-state index is 11.9. The molecular weight excluding hydrogens is 326 g/mol. The maximum absolute atomic E-state index is 11.9. The van der Waals surface area contributed by atoms with Crippen LogP contribution in [0.3, 0.4) is 0 Å². The lowest BCUT2D eigenvalue weighted by molar-refractivity contribution is -0.139. The molecule has 0 aliphatic heterocycles. The van der Waals surface area contributed by atoms with Crippen LogP contribution in [0.1, 0.15) is 22.8 Å². The molecule has 2 aromatic rings. The first-order valence-electron chi connectivity index (χ1n) is 7.45. The fraction of sp³-hybridized carbons (Fsp3) is 0.176. The van der Waals surface area contributed by atoms with E-state index in [-0.39, 0.29) is 5.75 Å². The average molecular weight is 343 g/mol. The van der Waals surface area contributed by atoms with Crippen LogP contribution in [0.4, 0.5) is 0 Å². The molecule has 0 bridgehead atoms. The van der Waals surface area contributed by atoms with Crippen LogP contribution in [-0.2, 0) is 4.79 Å². The van der Waals surface area contributed by atoms with E-state index in [0.717, 1.165) is 0 Å². The maximum Gasteiger partial charge on any atom is 0.341 e. The number of para-hydroxylation sites is 1. The molecule has 0 spiro atoms. The first-order valence-corrected chi connectivity index (χ1v) is 7.45. The second kappa shape index (κ2) is 9.02. The van der Waals surface area contributed by atoms with Gasteiger partial charge < -0.3 is 14.6 Å². The number of carboxylic acids is 1. The molecule has 1 aromatic carbocycles. The topological polar surface area (TPSA) is 110 Å². The number of carboxylic acid groups (broad SMARTS) is 1. The van der Waals surface area contributed by atoms with Crippen molar-refractivity contribution in [2.45, 2.75) is 6.92 Å². The summed E-state index contributed by atoms with van der Waals surface area (Å²) < 4.78 is 10.7. The standard InChI is InChI=1S/C17H17N3O5/c1-2-24-14-5-3-4-13(16(14)25-11-15(21)22)10-19-20-17(23)12-6-8-18-9-7-12/h3-10H,2,11H2,1H3,(H,20,23)(H,21,22)/b19-10+. The second-order valence-corrected chi connectivity index (χ2v) is 4.72. The van der Waals surface area contributed by atoms with Gasteiger partial charge in [-0.3, -0.25) is 9.78 Å². The highest BCUT2D eigenvalue weighted by atomic mass is 16.5. The van der Waals surface area contributed by atoms with Gasteiger partial charge in [-0.1, -0.05) is 6.07 Å². The van der Waals surface area contributed by atoms with Crippen LogP contribution in [0, 0.1) is 0 Å².